The van der Waals surface area contributed by atoms with Gasteiger partial charge in [0, 0.05) is 19.8 Å². The molecular formula is C8H16F3NO. The van der Waals surface area contributed by atoms with Crippen LogP contribution in [0.5, 0.6) is 0 Å². The van der Waals surface area contributed by atoms with Gasteiger partial charge in [0.1, 0.15) is 0 Å². The molecule has 0 rings (SSSR count). The van der Waals surface area contributed by atoms with Crippen LogP contribution in [0.3, 0.4) is 0 Å². The van der Waals surface area contributed by atoms with Crippen LogP contribution in [0.25, 0.3) is 0 Å². The second kappa shape index (κ2) is 6.21. The van der Waals surface area contributed by atoms with Crippen LogP contribution in [0.2, 0.25) is 0 Å². The van der Waals surface area contributed by atoms with Crippen molar-refractivity contribution in [1.29, 1.82) is 0 Å². The Morgan fingerprint density at radius 2 is 2.00 bits per heavy atom. The van der Waals surface area contributed by atoms with Crippen LogP contribution in [0.15, 0.2) is 0 Å². The lowest BCUT2D eigenvalue weighted by Crippen LogP contribution is -2.31. The van der Waals surface area contributed by atoms with E-state index in [0.29, 0.717) is 19.4 Å². The molecule has 0 spiro atoms. The lowest BCUT2D eigenvalue weighted by Gasteiger charge is -2.17. The fraction of sp³-hybridized carbons (Fsp3) is 1.00. The van der Waals surface area contributed by atoms with Crippen LogP contribution in [0.4, 0.5) is 13.2 Å². The van der Waals surface area contributed by atoms with Crippen molar-refractivity contribution in [3.05, 3.63) is 0 Å². The van der Waals surface area contributed by atoms with Gasteiger partial charge in [0.15, 0.2) is 0 Å². The van der Waals surface area contributed by atoms with E-state index in [1.807, 2.05) is 0 Å². The van der Waals surface area contributed by atoms with E-state index in [1.165, 1.54) is 7.11 Å². The zero-order chi connectivity index (χ0) is 10.3. The molecule has 0 radical (unpaired) electrons. The number of hydrogen-bond acceptors (Lipinski definition) is 2. The molecule has 0 aromatic rings. The quantitative estimate of drug-likeness (QED) is 0.660. The Labute approximate surface area is 76.5 Å². The zero-order valence-corrected chi connectivity index (χ0v) is 7.95. The molecule has 0 aliphatic heterocycles. The molecule has 5 heteroatoms. The normalized spacial score (nSPS) is 14.5. The van der Waals surface area contributed by atoms with E-state index >= 15 is 0 Å². The highest BCUT2D eigenvalue weighted by atomic mass is 19.4. The van der Waals surface area contributed by atoms with Gasteiger partial charge in [0.05, 0.1) is 6.42 Å². The Hall–Kier alpha value is -0.290. The maximum absolute atomic E-state index is 11.9. The molecule has 0 saturated carbocycles. The van der Waals surface area contributed by atoms with Gasteiger partial charge in [-0.05, 0) is 19.9 Å². The highest BCUT2D eigenvalue weighted by Crippen LogP contribution is 2.22. The van der Waals surface area contributed by atoms with Gasteiger partial charge in [-0.25, -0.2) is 0 Å². The van der Waals surface area contributed by atoms with Crippen molar-refractivity contribution in [2.24, 2.45) is 0 Å². The van der Waals surface area contributed by atoms with Gasteiger partial charge < -0.3 is 10.1 Å². The Morgan fingerprint density at radius 1 is 1.38 bits per heavy atom. The maximum atomic E-state index is 11.9. The van der Waals surface area contributed by atoms with Crippen molar-refractivity contribution in [2.75, 3.05) is 20.8 Å². The van der Waals surface area contributed by atoms with Crippen molar-refractivity contribution < 1.29 is 17.9 Å². The van der Waals surface area contributed by atoms with Crippen molar-refractivity contribution >= 4 is 0 Å². The number of halogens is 3. The maximum Gasteiger partial charge on any atom is 0.390 e. The minimum atomic E-state index is -4.08. The van der Waals surface area contributed by atoms with Crippen LogP contribution >= 0.6 is 0 Å². The predicted molar refractivity (Wildman–Crippen MR) is 44.6 cm³/mol. The third kappa shape index (κ3) is 8.05. The second-order valence-corrected chi connectivity index (χ2v) is 2.94. The summed E-state index contributed by atoms with van der Waals surface area (Å²) in [5, 5.41) is 2.64. The molecule has 1 N–H and O–H groups in total. The van der Waals surface area contributed by atoms with Gasteiger partial charge in [-0.2, -0.15) is 13.2 Å². The molecule has 0 amide bonds. The summed E-state index contributed by atoms with van der Waals surface area (Å²) in [6.07, 6.45) is -3.71. The zero-order valence-electron chi connectivity index (χ0n) is 7.95. The summed E-state index contributed by atoms with van der Waals surface area (Å²) < 4.78 is 40.5. The Morgan fingerprint density at radius 3 is 2.38 bits per heavy atom. The molecule has 0 aliphatic rings. The molecule has 0 aromatic heterocycles. The van der Waals surface area contributed by atoms with E-state index in [0.717, 1.165) is 0 Å². The summed E-state index contributed by atoms with van der Waals surface area (Å²) in [5.74, 6) is 0. The van der Waals surface area contributed by atoms with Crippen molar-refractivity contribution in [1.82, 2.24) is 5.32 Å². The number of hydrogen-bond donors (Lipinski definition) is 1. The molecule has 0 bridgehead atoms. The lowest BCUT2D eigenvalue weighted by atomic mass is 10.1. The average Bonchev–Trinajstić information content (AvgIpc) is 2.01. The number of rotatable bonds is 6. The first-order chi connectivity index (χ1) is 5.99. The highest BCUT2D eigenvalue weighted by Gasteiger charge is 2.30. The standard InChI is InChI=1S/C8H16F3NO/c1-12-7(4-3-5-13-2)6-8(9,10)11/h7,12H,3-6H2,1-2H3. The van der Waals surface area contributed by atoms with E-state index in [-0.39, 0.29) is 0 Å². The van der Waals surface area contributed by atoms with Gasteiger partial charge in [-0.1, -0.05) is 0 Å². The summed E-state index contributed by atoms with van der Waals surface area (Å²) in [4.78, 5) is 0. The third-order valence-electron chi connectivity index (χ3n) is 1.79. The molecular weight excluding hydrogens is 183 g/mol. The number of nitrogens with one attached hydrogen (secondary N) is 1. The first-order valence-electron chi connectivity index (χ1n) is 4.22. The van der Waals surface area contributed by atoms with Gasteiger partial charge in [-0.3, -0.25) is 0 Å². The largest absolute Gasteiger partial charge is 0.390 e. The fourth-order valence-corrected chi connectivity index (χ4v) is 1.10. The molecule has 1 atom stereocenters. The summed E-state index contributed by atoms with van der Waals surface area (Å²) in [5.41, 5.74) is 0. The average molecular weight is 199 g/mol. The van der Waals surface area contributed by atoms with Crippen LogP contribution in [0.1, 0.15) is 19.3 Å². The number of methoxy groups -OCH3 is 1. The second-order valence-electron chi connectivity index (χ2n) is 2.94. The molecule has 0 saturated heterocycles. The lowest BCUT2D eigenvalue weighted by molar-refractivity contribution is -0.140. The molecule has 2 nitrogen and oxygen atoms in total. The monoisotopic (exact) mass is 199 g/mol. The van der Waals surface area contributed by atoms with E-state index in [9.17, 15) is 13.2 Å². The van der Waals surface area contributed by atoms with E-state index < -0.39 is 18.6 Å². The van der Waals surface area contributed by atoms with Crippen molar-refractivity contribution in [3.8, 4) is 0 Å². The molecule has 13 heavy (non-hydrogen) atoms. The molecule has 80 valence electrons. The van der Waals surface area contributed by atoms with Crippen LogP contribution < -0.4 is 5.32 Å². The van der Waals surface area contributed by atoms with Gasteiger partial charge >= 0.3 is 6.18 Å². The Kier molecular flexibility index (Phi) is 6.07. The molecule has 0 heterocycles. The molecule has 1 unspecified atom stereocenters. The third-order valence-corrected chi connectivity index (χ3v) is 1.79. The van der Waals surface area contributed by atoms with Gasteiger partial charge in [0.2, 0.25) is 0 Å². The first kappa shape index (κ1) is 12.7. The Balaban J connectivity index is 3.63. The summed E-state index contributed by atoms with van der Waals surface area (Å²) in [7, 11) is 3.08. The minimum Gasteiger partial charge on any atom is -0.385 e. The molecule has 0 aliphatic carbocycles. The molecule has 0 aromatic carbocycles. The van der Waals surface area contributed by atoms with E-state index in [2.05, 4.69) is 5.32 Å². The summed E-state index contributed by atoms with van der Waals surface area (Å²) in [6, 6.07) is -0.491. The number of ether oxygens (including phenoxy) is 1. The highest BCUT2D eigenvalue weighted by molar-refractivity contribution is 4.68. The van der Waals surface area contributed by atoms with Crippen LogP contribution in [-0.2, 0) is 4.74 Å². The van der Waals surface area contributed by atoms with Gasteiger partial charge in [-0.15, -0.1) is 0 Å². The van der Waals surface area contributed by atoms with Crippen molar-refractivity contribution in [2.45, 2.75) is 31.5 Å². The minimum absolute atomic E-state index is 0.490. The summed E-state index contributed by atoms with van der Waals surface area (Å²) >= 11 is 0. The van der Waals surface area contributed by atoms with Crippen molar-refractivity contribution in [3.63, 3.8) is 0 Å². The predicted octanol–water partition coefficient (Wildman–Crippen LogP) is 1.95. The van der Waals surface area contributed by atoms with E-state index in [4.69, 9.17) is 4.74 Å². The topological polar surface area (TPSA) is 21.3 Å². The van der Waals surface area contributed by atoms with Gasteiger partial charge in [0.25, 0.3) is 0 Å². The molecule has 0 fully saturated rings. The van der Waals surface area contributed by atoms with Crippen LogP contribution in [0, 0.1) is 0 Å². The number of alkyl halides is 3. The first-order valence-corrected chi connectivity index (χ1v) is 4.22. The summed E-state index contributed by atoms with van der Waals surface area (Å²) in [6.45, 7) is 0.510. The SMILES string of the molecule is CNC(CCCOC)CC(F)(F)F. The Bertz CT molecular complexity index is 127. The fourth-order valence-electron chi connectivity index (χ4n) is 1.10. The van der Waals surface area contributed by atoms with E-state index in [1.54, 1.807) is 7.05 Å². The smallest absolute Gasteiger partial charge is 0.385 e. The van der Waals surface area contributed by atoms with Crippen LogP contribution in [-0.4, -0.2) is 33.0 Å².